The van der Waals surface area contributed by atoms with Gasteiger partial charge in [-0.25, -0.2) is 0 Å². The van der Waals surface area contributed by atoms with Crippen LogP contribution in [0.5, 0.6) is 5.75 Å². The van der Waals surface area contributed by atoms with Crippen LogP contribution in [-0.2, 0) is 0 Å². The molecule has 7 heteroatoms. The van der Waals surface area contributed by atoms with E-state index in [1.54, 1.807) is 39.0 Å². The van der Waals surface area contributed by atoms with Crippen LogP contribution >= 0.6 is 0 Å². The summed E-state index contributed by atoms with van der Waals surface area (Å²) in [5.41, 5.74) is 1.30. The first-order valence-corrected chi connectivity index (χ1v) is 6.77. The van der Waals surface area contributed by atoms with Crippen LogP contribution in [0.1, 0.15) is 32.3 Å². The lowest BCUT2D eigenvalue weighted by Crippen LogP contribution is -2.27. The Morgan fingerprint density at radius 2 is 1.95 bits per heavy atom. The quantitative estimate of drug-likeness (QED) is 0.624. The van der Waals surface area contributed by atoms with Crippen molar-refractivity contribution in [2.45, 2.75) is 33.3 Å². The molecule has 0 fully saturated rings. The number of hydrogen-bond donors (Lipinski definition) is 0. The molecule has 0 saturated carbocycles. The van der Waals surface area contributed by atoms with E-state index in [1.807, 2.05) is 0 Å². The minimum atomic E-state index is -2.99. The lowest BCUT2D eigenvalue weighted by molar-refractivity contribution is -0.432. The Balaban J connectivity index is 2.59. The average molecular weight is 310 g/mol. The number of hydrogen-bond acceptors (Lipinski definition) is 4. The summed E-state index contributed by atoms with van der Waals surface area (Å²) in [7, 11) is 0. The first-order valence-electron chi connectivity index (χ1n) is 6.77. The number of aliphatic imine (C=N–C) groups is 1. The molecule has 118 valence electrons. The molecule has 2 atom stereocenters. The fourth-order valence-corrected chi connectivity index (χ4v) is 2.73. The van der Waals surface area contributed by atoms with Crippen molar-refractivity contribution in [1.29, 1.82) is 0 Å². The highest BCUT2D eigenvalue weighted by Crippen LogP contribution is 2.42. The summed E-state index contributed by atoms with van der Waals surface area (Å²) in [6.45, 7) is 2.13. The summed E-state index contributed by atoms with van der Waals surface area (Å²) < 4.78 is 29.7. The maximum absolute atomic E-state index is 12.6. The number of halogens is 2. The van der Waals surface area contributed by atoms with Gasteiger partial charge in [-0.2, -0.15) is 8.78 Å². The van der Waals surface area contributed by atoms with Gasteiger partial charge in [0.2, 0.25) is 0 Å². The summed E-state index contributed by atoms with van der Waals surface area (Å²) in [5.74, 6) is -1.01. The molecule has 1 aromatic carbocycles. The van der Waals surface area contributed by atoms with Crippen molar-refractivity contribution in [2.75, 3.05) is 0 Å². The summed E-state index contributed by atoms with van der Waals surface area (Å²) in [6.07, 6.45) is 0. The summed E-state index contributed by atoms with van der Waals surface area (Å²) in [5, 5.41) is 11.4. The van der Waals surface area contributed by atoms with Crippen LogP contribution in [0.15, 0.2) is 40.7 Å². The van der Waals surface area contributed by atoms with Crippen molar-refractivity contribution >= 4 is 5.71 Å². The molecule has 0 radical (unpaired) electrons. The van der Waals surface area contributed by atoms with Crippen LogP contribution in [0, 0.1) is 16.0 Å². The van der Waals surface area contributed by atoms with E-state index >= 15 is 0 Å². The molecule has 0 saturated heterocycles. The largest absolute Gasteiger partial charge is 0.435 e. The Kier molecular flexibility index (Phi) is 4.54. The molecular formula is C15H16F2N2O3. The monoisotopic (exact) mass is 310 g/mol. The number of allylic oxidation sites excluding steroid dienone is 2. The zero-order chi connectivity index (χ0) is 16.4. The van der Waals surface area contributed by atoms with E-state index in [4.69, 9.17) is 0 Å². The third-order valence-electron chi connectivity index (χ3n) is 3.84. The molecule has 5 nitrogen and oxygen atoms in total. The molecule has 1 aromatic rings. The molecule has 0 spiro atoms. The first-order chi connectivity index (χ1) is 10.3. The minimum absolute atomic E-state index is 0.0452. The standard InChI is InChI=1S/C15H16F2N2O3/c1-8-9(2)18-10(3)14(19(20)21)13(8)11-6-4-5-7-12(11)22-15(16)17/h4-8,13,15H,1-3H3/t8?,13-/m0/s1. The van der Waals surface area contributed by atoms with E-state index in [9.17, 15) is 18.9 Å². The number of rotatable bonds is 4. The van der Waals surface area contributed by atoms with Crippen molar-refractivity contribution in [2.24, 2.45) is 10.9 Å². The highest BCUT2D eigenvalue weighted by atomic mass is 19.3. The van der Waals surface area contributed by atoms with Crippen LogP contribution in [0.2, 0.25) is 0 Å². The number of ether oxygens (including phenoxy) is 1. The Hall–Kier alpha value is -2.31. The van der Waals surface area contributed by atoms with Crippen molar-refractivity contribution in [3.05, 3.63) is 51.3 Å². The second-order valence-electron chi connectivity index (χ2n) is 5.16. The highest BCUT2D eigenvalue weighted by Gasteiger charge is 2.39. The van der Waals surface area contributed by atoms with Gasteiger partial charge in [0, 0.05) is 17.2 Å². The average Bonchev–Trinajstić information content (AvgIpc) is 2.42. The van der Waals surface area contributed by atoms with Gasteiger partial charge >= 0.3 is 6.61 Å². The van der Waals surface area contributed by atoms with Crippen LogP contribution in [0.4, 0.5) is 8.78 Å². The number of nitro groups is 1. The van der Waals surface area contributed by atoms with Crippen LogP contribution in [0.3, 0.4) is 0 Å². The van der Waals surface area contributed by atoms with Crippen LogP contribution < -0.4 is 4.74 Å². The minimum Gasteiger partial charge on any atom is -0.435 e. The molecule has 0 amide bonds. The van der Waals surface area contributed by atoms with Crippen molar-refractivity contribution in [3.63, 3.8) is 0 Å². The second kappa shape index (κ2) is 6.21. The maximum Gasteiger partial charge on any atom is 0.387 e. The van der Waals surface area contributed by atoms with Gasteiger partial charge in [-0.3, -0.25) is 15.1 Å². The molecule has 2 rings (SSSR count). The topological polar surface area (TPSA) is 64.7 Å². The van der Waals surface area contributed by atoms with Crippen molar-refractivity contribution < 1.29 is 18.4 Å². The first kappa shape index (κ1) is 16.1. The molecule has 0 aromatic heterocycles. The molecule has 1 heterocycles. The number of nitrogens with zero attached hydrogens (tertiary/aromatic N) is 2. The normalized spacial score (nSPS) is 21.8. The van der Waals surface area contributed by atoms with E-state index in [-0.39, 0.29) is 23.1 Å². The van der Waals surface area contributed by atoms with Crippen LogP contribution in [0.25, 0.3) is 0 Å². The predicted molar refractivity (Wildman–Crippen MR) is 77.8 cm³/mol. The summed E-state index contributed by atoms with van der Waals surface area (Å²) in [4.78, 5) is 15.1. The van der Waals surface area contributed by atoms with Gasteiger partial charge in [0.15, 0.2) is 0 Å². The highest BCUT2D eigenvalue weighted by molar-refractivity contribution is 5.87. The van der Waals surface area contributed by atoms with Crippen molar-refractivity contribution in [1.82, 2.24) is 0 Å². The van der Waals surface area contributed by atoms with Gasteiger partial charge in [-0.05, 0) is 19.9 Å². The van der Waals surface area contributed by atoms with Gasteiger partial charge in [0.1, 0.15) is 11.4 Å². The fraction of sp³-hybridized carbons (Fsp3) is 0.400. The SMILES string of the molecule is CC1=NC(C)=C([N+](=O)[O-])[C@H](c2ccccc2OC(F)F)C1C. The molecule has 1 aliphatic rings. The number of benzene rings is 1. The van der Waals surface area contributed by atoms with Gasteiger partial charge in [0.25, 0.3) is 5.70 Å². The Bertz CT molecular complexity index is 656. The third-order valence-corrected chi connectivity index (χ3v) is 3.84. The summed E-state index contributed by atoms with van der Waals surface area (Å²) in [6, 6.07) is 6.17. The summed E-state index contributed by atoms with van der Waals surface area (Å²) >= 11 is 0. The number of para-hydroxylation sites is 1. The zero-order valence-electron chi connectivity index (χ0n) is 12.4. The smallest absolute Gasteiger partial charge is 0.387 e. The Morgan fingerprint density at radius 1 is 1.32 bits per heavy atom. The van der Waals surface area contributed by atoms with Gasteiger partial charge in [-0.1, -0.05) is 25.1 Å². The van der Waals surface area contributed by atoms with Crippen LogP contribution in [-0.4, -0.2) is 17.2 Å². The Morgan fingerprint density at radius 3 is 2.55 bits per heavy atom. The Labute approximate surface area is 126 Å². The molecule has 0 bridgehead atoms. The van der Waals surface area contributed by atoms with E-state index in [2.05, 4.69) is 9.73 Å². The zero-order valence-corrected chi connectivity index (χ0v) is 12.4. The molecule has 1 unspecified atom stereocenters. The molecule has 0 aliphatic carbocycles. The van der Waals surface area contributed by atoms with E-state index in [0.717, 1.165) is 5.71 Å². The lowest BCUT2D eigenvalue weighted by atomic mass is 9.79. The van der Waals surface area contributed by atoms with E-state index < -0.39 is 17.5 Å². The lowest BCUT2D eigenvalue weighted by Gasteiger charge is -2.27. The second-order valence-corrected chi connectivity index (χ2v) is 5.16. The molecule has 1 aliphatic heterocycles. The van der Waals surface area contributed by atoms with Gasteiger partial charge in [-0.15, -0.1) is 0 Å². The third kappa shape index (κ3) is 2.98. The van der Waals surface area contributed by atoms with E-state index in [0.29, 0.717) is 5.56 Å². The maximum atomic E-state index is 12.6. The fourth-order valence-electron chi connectivity index (χ4n) is 2.73. The molecule has 0 N–H and O–H groups in total. The van der Waals surface area contributed by atoms with Gasteiger partial charge < -0.3 is 4.74 Å². The van der Waals surface area contributed by atoms with Crippen molar-refractivity contribution in [3.8, 4) is 5.75 Å². The van der Waals surface area contributed by atoms with Gasteiger partial charge in [0.05, 0.1) is 10.8 Å². The molecular weight excluding hydrogens is 294 g/mol. The van der Waals surface area contributed by atoms with E-state index in [1.165, 1.54) is 6.07 Å². The molecule has 22 heavy (non-hydrogen) atoms. The predicted octanol–water partition coefficient (Wildman–Crippen LogP) is 3.99. The number of alkyl halides is 2.